The number of aromatic nitrogens is 1. The molecule has 1 atom stereocenters. The van der Waals surface area contributed by atoms with E-state index in [4.69, 9.17) is 19.7 Å². The van der Waals surface area contributed by atoms with Gasteiger partial charge < -0.3 is 19.7 Å². The predicted octanol–water partition coefficient (Wildman–Crippen LogP) is 2.59. The van der Waals surface area contributed by atoms with E-state index in [1.54, 1.807) is 7.11 Å². The van der Waals surface area contributed by atoms with Crippen molar-refractivity contribution in [3.8, 4) is 11.5 Å². The summed E-state index contributed by atoms with van der Waals surface area (Å²) in [6, 6.07) is 7.32. The number of benzene rings is 1. The molecule has 1 unspecified atom stereocenters. The van der Waals surface area contributed by atoms with Gasteiger partial charge in [0.25, 0.3) is 0 Å². The molecule has 0 spiro atoms. The SMILES string of the molecule is COc1ccc(C(C)N)c(OCc2cc(C)no2)c1. The lowest BCUT2D eigenvalue weighted by molar-refractivity contribution is 0.245. The van der Waals surface area contributed by atoms with E-state index in [0.717, 1.165) is 17.0 Å². The molecule has 102 valence electrons. The molecule has 0 amide bonds. The van der Waals surface area contributed by atoms with Crippen LogP contribution in [0.2, 0.25) is 0 Å². The van der Waals surface area contributed by atoms with Crippen molar-refractivity contribution in [3.05, 3.63) is 41.3 Å². The van der Waals surface area contributed by atoms with E-state index in [1.165, 1.54) is 0 Å². The Morgan fingerprint density at radius 2 is 2.16 bits per heavy atom. The predicted molar refractivity (Wildman–Crippen MR) is 71.2 cm³/mol. The summed E-state index contributed by atoms with van der Waals surface area (Å²) in [6.07, 6.45) is 0. The first-order valence-corrected chi connectivity index (χ1v) is 6.08. The van der Waals surface area contributed by atoms with Crippen LogP contribution in [0.3, 0.4) is 0 Å². The summed E-state index contributed by atoms with van der Waals surface area (Å²) in [6.45, 7) is 4.09. The Kier molecular flexibility index (Phi) is 4.06. The average Bonchev–Trinajstić information content (AvgIpc) is 2.81. The van der Waals surface area contributed by atoms with Crippen LogP contribution in [0.1, 0.15) is 30.0 Å². The van der Waals surface area contributed by atoms with Gasteiger partial charge in [0, 0.05) is 23.7 Å². The summed E-state index contributed by atoms with van der Waals surface area (Å²) in [4.78, 5) is 0. The van der Waals surface area contributed by atoms with Gasteiger partial charge in [-0.3, -0.25) is 0 Å². The zero-order valence-electron chi connectivity index (χ0n) is 11.3. The second kappa shape index (κ2) is 5.75. The maximum atomic E-state index is 5.92. The normalized spacial score (nSPS) is 12.2. The number of nitrogens with two attached hydrogens (primary N) is 1. The van der Waals surface area contributed by atoms with Crippen molar-refractivity contribution in [1.82, 2.24) is 5.16 Å². The summed E-state index contributed by atoms with van der Waals surface area (Å²) in [7, 11) is 1.62. The van der Waals surface area contributed by atoms with Gasteiger partial charge in [-0.2, -0.15) is 0 Å². The van der Waals surface area contributed by atoms with Gasteiger partial charge in [-0.25, -0.2) is 0 Å². The fourth-order valence-corrected chi connectivity index (χ4v) is 1.78. The molecule has 5 heteroatoms. The second-order valence-corrected chi connectivity index (χ2v) is 4.42. The minimum absolute atomic E-state index is 0.114. The standard InChI is InChI=1S/C14H18N2O3/c1-9-6-12(19-16-9)8-18-14-7-11(17-3)4-5-13(14)10(2)15/h4-7,10H,8,15H2,1-3H3. The highest BCUT2D eigenvalue weighted by atomic mass is 16.5. The Labute approximate surface area is 112 Å². The number of rotatable bonds is 5. The molecule has 0 aliphatic carbocycles. The molecule has 1 aromatic heterocycles. The monoisotopic (exact) mass is 262 g/mol. The third-order valence-electron chi connectivity index (χ3n) is 2.76. The maximum absolute atomic E-state index is 5.92. The van der Waals surface area contributed by atoms with Crippen LogP contribution in [0.15, 0.2) is 28.8 Å². The van der Waals surface area contributed by atoms with Gasteiger partial charge in [0.1, 0.15) is 18.1 Å². The van der Waals surface area contributed by atoms with E-state index >= 15 is 0 Å². The van der Waals surface area contributed by atoms with Gasteiger partial charge in [0.05, 0.1) is 12.8 Å². The minimum Gasteiger partial charge on any atom is -0.497 e. The lowest BCUT2D eigenvalue weighted by Gasteiger charge is -2.14. The van der Waals surface area contributed by atoms with Crippen molar-refractivity contribution in [1.29, 1.82) is 0 Å². The van der Waals surface area contributed by atoms with Gasteiger partial charge in [-0.15, -0.1) is 0 Å². The van der Waals surface area contributed by atoms with Crippen LogP contribution in [-0.2, 0) is 6.61 Å². The molecule has 19 heavy (non-hydrogen) atoms. The third-order valence-corrected chi connectivity index (χ3v) is 2.76. The summed E-state index contributed by atoms with van der Waals surface area (Å²) in [5, 5.41) is 3.82. The van der Waals surface area contributed by atoms with Gasteiger partial charge in [0.15, 0.2) is 5.76 Å². The highest BCUT2D eigenvalue weighted by Gasteiger charge is 2.11. The van der Waals surface area contributed by atoms with Crippen molar-refractivity contribution in [2.45, 2.75) is 26.5 Å². The second-order valence-electron chi connectivity index (χ2n) is 4.42. The molecule has 1 heterocycles. The molecule has 2 N–H and O–H groups in total. The Morgan fingerprint density at radius 1 is 1.37 bits per heavy atom. The van der Waals surface area contributed by atoms with Crippen molar-refractivity contribution in [2.75, 3.05) is 7.11 Å². The van der Waals surface area contributed by atoms with Crippen molar-refractivity contribution >= 4 is 0 Å². The molecular formula is C14H18N2O3. The van der Waals surface area contributed by atoms with E-state index in [2.05, 4.69) is 5.16 Å². The molecular weight excluding hydrogens is 244 g/mol. The number of ether oxygens (including phenoxy) is 2. The molecule has 5 nitrogen and oxygen atoms in total. The van der Waals surface area contributed by atoms with Gasteiger partial charge in [-0.05, 0) is 19.9 Å². The zero-order valence-corrected chi connectivity index (χ0v) is 11.3. The van der Waals surface area contributed by atoms with E-state index in [1.807, 2.05) is 38.1 Å². The largest absolute Gasteiger partial charge is 0.497 e. The zero-order chi connectivity index (χ0) is 13.8. The Bertz CT molecular complexity index is 549. The molecule has 1 aromatic carbocycles. The number of hydrogen-bond acceptors (Lipinski definition) is 5. The molecule has 2 aromatic rings. The maximum Gasteiger partial charge on any atom is 0.174 e. The van der Waals surface area contributed by atoms with E-state index in [9.17, 15) is 0 Å². The highest BCUT2D eigenvalue weighted by molar-refractivity contribution is 5.42. The summed E-state index contributed by atoms with van der Waals surface area (Å²) >= 11 is 0. The van der Waals surface area contributed by atoms with Crippen LogP contribution in [0.4, 0.5) is 0 Å². The highest BCUT2D eigenvalue weighted by Crippen LogP contribution is 2.29. The fraction of sp³-hybridized carbons (Fsp3) is 0.357. The number of methoxy groups -OCH3 is 1. The minimum atomic E-state index is -0.114. The summed E-state index contributed by atoms with van der Waals surface area (Å²) in [5.74, 6) is 2.10. The molecule has 0 saturated heterocycles. The molecule has 0 radical (unpaired) electrons. The molecule has 0 fully saturated rings. The molecule has 0 saturated carbocycles. The van der Waals surface area contributed by atoms with E-state index in [-0.39, 0.29) is 6.04 Å². The van der Waals surface area contributed by atoms with Crippen LogP contribution in [0, 0.1) is 6.92 Å². The summed E-state index contributed by atoms with van der Waals surface area (Å²) < 4.78 is 16.0. The smallest absolute Gasteiger partial charge is 0.174 e. The number of nitrogens with zero attached hydrogens (tertiary/aromatic N) is 1. The number of aryl methyl sites for hydroxylation is 1. The van der Waals surface area contributed by atoms with Crippen molar-refractivity contribution < 1.29 is 14.0 Å². The molecule has 0 aliphatic rings. The van der Waals surface area contributed by atoms with Crippen LogP contribution in [-0.4, -0.2) is 12.3 Å². The lowest BCUT2D eigenvalue weighted by Crippen LogP contribution is -2.08. The van der Waals surface area contributed by atoms with Crippen LogP contribution >= 0.6 is 0 Å². The van der Waals surface area contributed by atoms with Gasteiger partial charge in [0.2, 0.25) is 0 Å². The molecule has 0 bridgehead atoms. The van der Waals surface area contributed by atoms with Gasteiger partial charge >= 0.3 is 0 Å². The van der Waals surface area contributed by atoms with E-state index in [0.29, 0.717) is 18.1 Å². The lowest BCUT2D eigenvalue weighted by atomic mass is 10.1. The Hall–Kier alpha value is -2.01. The average molecular weight is 262 g/mol. The van der Waals surface area contributed by atoms with Crippen LogP contribution in [0.5, 0.6) is 11.5 Å². The van der Waals surface area contributed by atoms with Crippen LogP contribution < -0.4 is 15.2 Å². The molecule has 2 rings (SSSR count). The Morgan fingerprint density at radius 3 is 2.74 bits per heavy atom. The van der Waals surface area contributed by atoms with E-state index < -0.39 is 0 Å². The van der Waals surface area contributed by atoms with Crippen molar-refractivity contribution in [2.24, 2.45) is 5.73 Å². The topological polar surface area (TPSA) is 70.5 Å². The molecule has 0 aliphatic heterocycles. The van der Waals surface area contributed by atoms with Gasteiger partial charge in [-0.1, -0.05) is 11.2 Å². The van der Waals surface area contributed by atoms with Crippen LogP contribution in [0.25, 0.3) is 0 Å². The first kappa shape index (κ1) is 13.4. The summed E-state index contributed by atoms with van der Waals surface area (Å²) in [5.41, 5.74) is 7.68. The third kappa shape index (κ3) is 3.26. The van der Waals surface area contributed by atoms with Crippen molar-refractivity contribution in [3.63, 3.8) is 0 Å². The fourth-order valence-electron chi connectivity index (χ4n) is 1.78. The Balaban J connectivity index is 2.17. The number of hydrogen-bond donors (Lipinski definition) is 1. The first-order chi connectivity index (χ1) is 9.10. The quantitative estimate of drug-likeness (QED) is 0.896. The first-order valence-electron chi connectivity index (χ1n) is 6.08.